The average molecular weight is 370 g/mol. The summed E-state index contributed by atoms with van der Waals surface area (Å²) in [5.74, 6) is -2.74. The molecule has 1 heterocycles. The van der Waals surface area contributed by atoms with E-state index in [0.717, 1.165) is 0 Å². The molecule has 4 nitrogen and oxygen atoms in total. The van der Waals surface area contributed by atoms with Crippen LogP contribution in [0.15, 0.2) is 28.7 Å². The van der Waals surface area contributed by atoms with E-state index >= 15 is 0 Å². The molecule has 2 aromatic rings. The van der Waals surface area contributed by atoms with Crippen molar-refractivity contribution in [1.82, 2.24) is 0 Å². The largest absolute Gasteiger partial charge is 0.490 e. The Balaban J connectivity index is 2.11. The molecule has 0 atom stereocenters. The third-order valence-electron chi connectivity index (χ3n) is 3.34. The molecule has 0 spiro atoms. The van der Waals surface area contributed by atoms with Crippen molar-refractivity contribution in [1.29, 1.82) is 0 Å². The number of carboxylic acid groups (broad SMARTS) is 1. The number of anilines is 2. The van der Waals surface area contributed by atoms with Crippen molar-refractivity contribution in [3.05, 3.63) is 51.5 Å². The molecule has 22 heavy (non-hydrogen) atoms. The van der Waals surface area contributed by atoms with Crippen LogP contribution in [0.25, 0.3) is 0 Å². The van der Waals surface area contributed by atoms with E-state index in [1.165, 1.54) is 18.2 Å². The van der Waals surface area contributed by atoms with E-state index < -0.39 is 17.6 Å². The molecule has 0 radical (unpaired) electrons. The monoisotopic (exact) mass is 369 g/mol. The molecule has 1 aliphatic heterocycles. The lowest BCUT2D eigenvalue weighted by Crippen LogP contribution is -2.07. The Morgan fingerprint density at radius 1 is 1.32 bits per heavy atom. The predicted molar refractivity (Wildman–Crippen MR) is 79.9 cm³/mol. The van der Waals surface area contributed by atoms with Gasteiger partial charge in [-0.05, 0) is 24.3 Å². The number of nitrogens with one attached hydrogen (secondary N) is 1. The normalized spacial score (nSPS) is 12.7. The highest BCUT2D eigenvalue weighted by Gasteiger charge is 2.26. The predicted octanol–water partition coefficient (Wildman–Crippen LogP) is 4.10. The second-order valence-electron chi connectivity index (χ2n) is 4.75. The van der Waals surface area contributed by atoms with Crippen LogP contribution in [0.2, 0.25) is 0 Å². The Bertz CT molecular complexity index is 780. The molecule has 0 aromatic heterocycles. The zero-order chi connectivity index (χ0) is 15.9. The van der Waals surface area contributed by atoms with E-state index in [9.17, 15) is 18.7 Å². The van der Waals surface area contributed by atoms with Crippen LogP contribution in [0, 0.1) is 11.6 Å². The summed E-state index contributed by atoms with van der Waals surface area (Å²) >= 11 is 3.12. The zero-order valence-corrected chi connectivity index (χ0v) is 12.7. The maximum atomic E-state index is 14.5. The van der Waals surface area contributed by atoms with E-state index in [4.69, 9.17) is 4.74 Å². The average Bonchev–Trinajstić information content (AvgIpc) is 2.92. The van der Waals surface area contributed by atoms with Crippen LogP contribution in [0.3, 0.4) is 0 Å². The molecule has 2 N–H and O–H groups in total. The van der Waals surface area contributed by atoms with Gasteiger partial charge < -0.3 is 15.2 Å². The molecule has 7 heteroatoms. The van der Waals surface area contributed by atoms with E-state index in [0.29, 0.717) is 23.1 Å². The number of aromatic carboxylic acids is 1. The standard InChI is InChI=1S/C15H10BrF2NO3/c16-8-1-2-11(10(17)6-8)19-13-9(15(20)21)5-7-3-4-22-14(7)12(13)18/h1-2,5-6,19H,3-4H2,(H,20,21). The smallest absolute Gasteiger partial charge is 0.337 e. The van der Waals surface area contributed by atoms with Gasteiger partial charge in [-0.25, -0.2) is 13.6 Å². The van der Waals surface area contributed by atoms with Crippen molar-refractivity contribution >= 4 is 33.3 Å². The number of hydrogen-bond acceptors (Lipinski definition) is 3. The summed E-state index contributed by atoms with van der Waals surface area (Å²) in [6.45, 7) is 0.293. The summed E-state index contributed by atoms with van der Waals surface area (Å²) in [7, 11) is 0. The fourth-order valence-electron chi connectivity index (χ4n) is 2.31. The third kappa shape index (κ3) is 2.52. The fourth-order valence-corrected chi connectivity index (χ4v) is 2.64. The maximum Gasteiger partial charge on any atom is 0.337 e. The first-order valence-corrected chi connectivity index (χ1v) is 7.20. The molecule has 114 valence electrons. The number of halogens is 3. The van der Waals surface area contributed by atoms with Crippen molar-refractivity contribution in [2.75, 3.05) is 11.9 Å². The molecule has 0 saturated carbocycles. The number of fused-ring (bicyclic) bond motifs is 1. The summed E-state index contributed by atoms with van der Waals surface area (Å²) in [5, 5.41) is 11.8. The topological polar surface area (TPSA) is 58.6 Å². The van der Waals surface area contributed by atoms with Gasteiger partial charge in [-0.1, -0.05) is 15.9 Å². The summed E-state index contributed by atoms with van der Waals surface area (Å²) < 4.78 is 34.1. The number of benzene rings is 2. The van der Waals surface area contributed by atoms with Crippen LogP contribution in [0.1, 0.15) is 15.9 Å². The van der Waals surface area contributed by atoms with Crippen molar-refractivity contribution in [3.8, 4) is 5.75 Å². The van der Waals surface area contributed by atoms with Gasteiger partial charge in [0.15, 0.2) is 11.6 Å². The number of carboxylic acids is 1. The Morgan fingerprint density at radius 3 is 2.77 bits per heavy atom. The van der Waals surface area contributed by atoms with Gasteiger partial charge in [0.1, 0.15) is 5.82 Å². The van der Waals surface area contributed by atoms with Crippen molar-refractivity contribution < 1.29 is 23.4 Å². The molecule has 0 unspecified atom stereocenters. The second-order valence-corrected chi connectivity index (χ2v) is 5.67. The molecule has 3 rings (SSSR count). The van der Waals surface area contributed by atoms with Gasteiger partial charge in [-0.2, -0.15) is 0 Å². The van der Waals surface area contributed by atoms with E-state index in [1.54, 1.807) is 6.07 Å². The van der Waals surface area contributed by atoms with Gasteiger partial charge in [0.25, 0.3) is 0 Å². The minimum absolute atomic E-state index is 0.0185. The van der Waals surface area contributed by atoms with Crippen LogP contribution in [0.4, 0.5) is 20.2 Å². The van der Waals surface area contributed by atoms with E-state index in [-0.39, 0.29) is 22.7 Å². The highest BCUT2D eigenvalue weighted by molar-refractivity contribution is 9.10. The number of carbonyl (C=O) groups is 1. The quantitative estimate of drug-likeness (QED) is 0.854. The lowest BCUT2D eigenvalue weighted by atomic mass is 10.1. The SMILES string of the molecule is O=C(O)c1cc2c(c(F)c1Nc1ccc(Br)cc1F)OCC2. The van der Waals surface area contributed by atoms with Gasteiger partial charge in [0.2, 0.25) is 0 Å². The first kappa shape index (κ1) is 14.8. The van der Waals surface area contributed by atoms with Crippen LogP contribution in [0.5, 0.6) is 5.75 Å². The fraction of sp³-hybridized carbons (Fsp3) is 0.133. The van der Waals surface area contributed by atoms with Crippen LogP contribution in [-0.4, -0.2) is 17.7 Å². The Kier molecular flexibility index (Phi) is 3.74. The Labute approximate surface area is 132 Å². The summed E-state index contributed by atoms with van der Waals surface area (Å²) in [4.78, 5) is 11.4. The third-order valence-corrected chi connectivity index (χ3v) is 3.83. The van der Waals surface area contributed by atoms with E-state index in [1.807, 2.05) is 0 Å². The summed E-state index contributed by atoms with van der Waals surface area (Å²) in [6, 6.07) is 5.50. The van der Waals surface area contributed by atoms with Crippen molar-refractivity contribution in [2.45, 2.75) is 6.42 Å². The molecular formula is C15H10BrF2NO3. The highest BCUT2D eigenvalue weighted by Crippen LogP contribution is 2.38. The van der Waals surface area contributed by atoms with E-state index in [2.05, 4.69) is 21.2 Å². The first-order chi connectivity index (χ1) is 10.5. The minimum Gasteiger partial charge on any atom is -0.490 e. The lowest BCUT2D eigenvalue weighted by molar-refractivity contribution is 0.0697. The van der Waals surface area contributed by atoms with Crippen LogP contribution < -0.4 is 10.1 Å². The summed E-state index contributed by atoms with van der Waals surface area (Å²) in [5.41, 5.74) is -0.0993. The Hall–Kier alpha value is -2.15. The van der Waals surface area contributed by atoms with Crippen LogP contribution in [-0.2, 0) is 6.42 Å². The molecule has 0 saturated heterocycles. The van der Waals surface area contributed by atoms with Crippen molar-refractivity contribution in [2.24, 2.45) is 0 Å². The molecule has 1 aliphatic rings. The highest BCUT2D eigenvalue weighted by atomic mass is 79.9. The number of rotatable bonds is 3. The molecule has 2 aromatic carbocycles. The lowest BCUT2D eigenvalue weighted by Gasteiger charge is -2.14. The van der Waals surface area contributed by atoms with Gasteiger partial charge in [0.05, 0.1) is 23.5 Å². The van der Waals surface area contributed by atoms with Gasteiger partial charge in [-0.3, -0.25) is 0 Å². The molecule has 0 aliphatic carbocycles. The minimum atomic E-state index is -1.30. The maximum absolute atomic E-state index is 14.5. The van der Waals surface area contributed by atoms with Crippen molar-refractivity contribution in [3.63, 3.8) is 0 Å². The molecular weight excluding hydrogens is 360 g/mol. The zero-order valence-electron chi connectivity index (χ0n) is 11.1. The second kappa shape index (κ2) is 5.57. The van der Waals surface area contributed by atoms with Gasteiger partial charge in [0, 0.05) is 16.5 Å². The number of ether oxygens (including phenoxy) is 1. The number of hydrogen-bond donors (Lipinski definition) is 2. The molecule has 0 fully saturated rings. The first-order valence-electron chi connectivity index (χ1n) is 6.41. The molecule has 0 bridgehead atoms. The van der Waals surface area contributed by atoms with Crippen LogP contribution >= 0.6 is 15.9 Å². The van der Waals surface area contributed by atoms with Gasteiger partial charge in [-0.15, -0.1) is 0 Å². The van der Waals surface area contributed by atoms with Gasteiger partial charge >= 0.3 is 5.97 Å². The Morgan fingerprint density at radius 2 is 2.09 bits per heavy atom. The molecule has 0 amide bonds. The summed E-state index contributed by atoms with van der Waals surface area (Å²) in [6.07, 6.45) is 0.444.